The van der Waals surface area contributed by atoms with E-state index in [1.807, 2.05) is 11.3 Å². The molecule has 7 aromatic rings. The van der Waals surface area contributed by atoms with E-state index in [9.17, 15) is 0 Å². The molecule has 0 unspecified atom stereocenters. The predicted octanol–water partition coefficient (Wildman–Crippen LogP) is 9.47. The number of para-hydroxylation sites is 2. The molecule has 5 aromatic carbocycles. The molecule has 0 saturated carbocycles. The maximum atomic E-state index is 6.63. The van der Waals surface area contributed by atoms with Crippen LogP contribution in [-0.4, -0.2) is 4.57 Å². The van der Waals surface area contributed by atoms with Gasteiger partial charge in [0.2, 0.25) is 0 Å². The van der Waals surface area contributed by atoms with Crippen LogP contribution in [0.3, 0.4) is 0 Å². The van der Waals surface area contributed by atoms with E-state index in [1.165, 1.54) is 58.8 Å². The molecule has 0 fully saturated rings. The van der Waals surface area contributed by atoms with Gasteiger partial charge in [0.25, 0.3) is 0 Å². The molecule has 33 heavy (non-hydrogen) atoms. The Balaban J connectivity index is 1.55. The fraction of sp³-hybridized carbons (Fsp3) is 0. The summed E-state index contributed by atoms with van der Waals surface area (Å²) in [7, 11) is 0. The third kappa shape index (κ3) is 2.85. The Kier molecular flexibility index (Phi) is 4.14. The number of fused-ring (bicyclic) bond motifs is 6. The zero-order valence-corrected chi connectivity index (χ0v) is 19.2. The lowest BCUT2D eigenvalue weighted by Crippen LogP contribution is -1.92. The largest absolute Gasteiger partial charge is 0.309 e. The summed E-state index contributed by atoms with van der Waals surface area (Å²) in [5, 5.41) is 5.77. The molecule has 0 spiro atoms. The molecule has 1 nitrogen and oxygen atoms in total. The van der Waals surface area contributed by atoms with E-state index in [0.717, 1.165) is 5.02 Å². The maximum Gasteiger partial charge on any atom is 0.0541 e. The fourth-order valence-corrected chi connectivity index (χ4v) is 6.44. The van der Waals surface area contributed by atoms with Crippen molar-refractivity contribution in [3.8, 4) is 16.8 Å². The SMILES string of the molecule is Clc1cc(-c2ccc3c(c2)c2ccccc2n3-c2ccccc2)c2sc3ccccc3c2c1. The van der Waals surface area contributed by atoms with Crippen molar-refractivity contribution in [1.82, 2.24) is 4.57 Å². The summed E-state index contributed by atoms with van der Waals surface area (Å²) >= 11 is 8.47. The molecule has 156 valence electrons. The Morgan fingerprint density at radius 2 is 1.30 bits per heavy atom. The summed E-state index contributed by atoms with van der Waals surface area (Å²) < 4.78 is 4.92. The lowest BCUT2D eigenvalue weighted by molar-refractivity contribution is 1.18. The fourth-order valence-electron chi connectivity index (χ4n) is 5.00. The van der Waals surface area contributed by atoms with Crippen LogP contribution in [0.5, 0.6) is 0 Å². The molecule has 0 bridgehead atoms. The zero-order chi connectivity index (χ0) is 21.9. The van der Waals surface area contributed by atoms with Gasteiger partial charge in [0.15, 0.2) is 0 Å². The Bertz CT molecular complexity index is 1830. The Hall–Kier alpha value is -3.59. The van der Waals surface area contributed by atoms with Gasteiger partial charge >= 0.3 is 0 Å². The first-order valence-electron chi connectivity index (χ1n) is 11.0. The van der Waals surface area contributed by atoms with Gasteiger partial charge in [0.05, 0.1) is 11.0 Å². The van der Waals surface area contributed by atoms with E-state index in [4.69, 9.17) is 11.6 Å². The van der Waals surface area contributed by atoms with Gasteiger partial charge in [0, 0.05) is 47.2 Å². The van der Waals surface area contributed by atoms with Crippen LogP contribution in [0.1, 0.15) is 0 Å². The Labute approximate surface area is 200 Å². The third-order valence-corrected chi connectivity index (χ3v) is 7.88. The van der Waals surface area contributed by atoms with Crippen LogP contribution >= 0.6 is 22.9 Å². The molecular weight excluding hydrogens is 442 g/mol. The number of thiophene rings is 1. The second-order valence-corrected chi connectivity index (χ2v) is 9.84. The van der Waals surface area contributed by atoms with Crippen molar-refractivity contribution >= 4 is 64.9 Å². The van der Waals surface area contributed by atoms with Crippen molar-refractivity contribution in [2.75, 3.05) is 0 Å². The van der Waals surface area contributed by atoms with E-state index in [2.05, 4.69) is 114 Å². The molecule has 0 radical (unpaired) electrons. The lowest BCUT2D eigenvalue weighted by Gasteiger charge is -2.09. The number of rotatable bonds is 2. The predicted molar refractivity (Wildman–Crippen MR) is 144 cm³/mol. The number of halogens is 1. The molecule has 0 saturated heterocycles. The van der Waals surface area contributed by atoms with E-state index in [0.29, 0.717) is 0 Å². The maximum absolute atomic E-state index is 6.63. The molecule has 2 aromatic heterocycles. The average Bonchev–Trinajstić information content (AvgIpc) is 3.39. The second kappa shape index (κ2) is 7.21. The Morgan fingerprint density at radius 1 is 0.576 bits per heavy atom. The van der Waals surface area contributed by atoms with E-state index < -0.39 is 0 Å². The number of hydrogen-bond donors (Lipinski definition) is 0. The van der Waals surface area contributed by atoms with Crippen LogP contribution < -0.4 is 0 Å². The molecule has 0 aliphatic rings. The van der Waals surface area contributed by atoms with Crippen molar-refractivity contribution in [1.29, 1.82) is 0 Å². The first-order chi connectivity index (χ1) is 16.3. The standard InChI is InChI=1S/C30H18ClNS/c31-20-17-24(30-26(18-20)23-11-5-7-13-29(23)33-30)19-14-15-28-25(16-19)22-10-4-6-12-27(22)32(28)21-8-2-1-3-9-21/h1-18H. The van der Waals surface area contributed by atoms with Gasteiger partial charge in [-0.2, -0.15) is 0 Å². The van der Waals surface area contributed by atoms with Crippen LogP contribution in [0.25, 0.3) is 58.8 Å². The van der Waals surface area contributed by atoms with Crippen LogP contribution in [0.2, 0.25) is 5.02 Å². The van der Waals surface area contributed by atoms with Crippen LogP contribution in [0.15, 0.2) is 109 Å². The van der Waals surface area contributed by atoms with Crippen LogP contribution in [0.4, 0.5) is 0 Å². The molecule has 0 aliphatic carbocycles. The summed E-state index contributed by atoms with van der Waals surface area (Å²) in [6.07, 6.45) is 0. The first-order valence-corrected chi connectivity index (χ1v) is 12.2. The van der Waals surface area contributed by atoms with Gasteiger partial charge < -0.3 is 4.57 Å². The smallest absolute Gasteiger partial charge is 0.0541 e. The normalized spacial score (nSPS) is 11.8. The summed E-state index contributed by atoms with van der Waals surface area (Å²) in [5.41, 5.74) is 5.98. The molecule has 7 rings (SSSR count). The van der Waals surface area contributed by atoms with Gasteiger partial charge in [-0.25, -0.2) is 0 Å². The van der Waals surface area contributed by atoms with E-state index in [1.54, 1.807) is 0 Å². The van der Waals surface area contributed by atoms with Gasteiger partial charge in [-0.1, -0.05) is 72.3 Å². The average molecular weight is 460 g/mol. The highest BCUT2D eigenvalue weighted by Gasteiger charge is 2.16. The summed E-state index contributed by atoms with van der Waals surface area (Å²) in [4.78, 5) is 0. The van der Waals surface area contributed by atoms with Crippen molar-refractivity contribution in [2.24, 2.45) is 0 Å². The van der Waals surface area contributed by atoms with E-state index in [-0.39, 0.29) is 0 Å². The minimum atomic E-state index is 0.771. The van der Waals surface area contributed by atoms with E-state index >= 15 is 0 Å². The topological polar surface area (TPSA) is 4.93 Å². The van der Waals surface area contributed by atoms with Crippen molar-refractivity contribution in [2.45, 2.75) is 0 Å². The lowest BCUT2D eigenvalue weighted by atomic mass is 10.0. The minimum absolute atomic E-state index is 0.771. The second-order valence-electron chi connectivity index (χ2n) is 8.35. The van der Waals surface area contributed by atoms with Crippen molar-refractivity contribution in [3.63, 3.8) is 0 Å². The first kappa shape index (κ1) is 18.9. The number of benzene rings is 5. The zero-order valence-electron chi connectivity index (χ0n) is 17.6. The van der Waals surface area contributed by atoms with Gasteiger partial charge in [-0.05, 0) is 54.1 Å². The number of nitrogens with zero attached hydrogens (tertiary/aromatic N) is 1. The third-order valence-electron chi connectivity index (χ3n) is 6.44. The quantitative estimate of drug-likeness (QED) is 0.242. The minimum Gasteiger partial charge on any atom is -0.309 e. The van der Waals surface area contributed by atoms with Crippen LogP contribution in [-0.2, 0) is 0 Å². The molecule has 0 amide bonds. The molecular formula is C30H18ClNS. The summed E-state index contributed by atoms with van der Waals surface area (Å²) in [5.74, 6) is 0. The Morgan fingerprint density at radius 3 is 2.18 bits per heavy atom. The molecule has 2 heterocycles. The van der Waals surface area contributed by atoms with Gasteiger partial charge in [-0.3, -0.25) is 0 Å². The van der Waals surface area contributed by atoms with Gasteiger partial charge in [-0.15, -0.1) is 11.3 Å². The summed E-state index contributed by atoms with van der Waals surface area (Å²) in [6.45, 7) is 0. The summed E-state index contributed by atoms with van der Waals surface area (Å²) in [6, 6.07) is 38.8. The highest BCUT2D eigenvalue weighted by atomic mass is 35.5. The number of aromatic nitrogens is 1. The monoisotopic (exact) mass is 459 g/mol. The molecule has 0 atom stereocenters. The van der Waals surface area contributed by atoms with Crippen molar-refractivity contribution in [3.05, 3.63) is 114 Å². The molecule has 3 heteroatoms. The van der Waals surface area contributed by atoms with Crippen LogP contribution in [0, 0.1) is 0 Å². The highest BCUT2D eigenvalue weighted by molar-refractivity contribution is 7.26. The van der Waals surface area contributed by atoms with Crippen molar-refractivity contribution < 1.29 is 0 Å². The molecule has 0 N–H and O–H groups in total. The van der Waals surface area contributed by atoms with Gasteiger partial charge in [0.1, 0.15) is 0 Å². The number of hydrogen-bond acceptors (Lipinski definition) is 1. The highest BCUT2D eigenvalue weighted by Crippen LogP contribution is 2.43. The molecule has 0 aliphatic heterocycles.